The summed E-state index contributed by atoms with van der Waals surface area (Å²) >= 11 is 4.23. The first kappa shape index (κ1) is 41.4. The van der Waals surface area contributed by atoms with Gasteiger partial charge in [-0.25, -0.2) is 0 Å². The summed E-state index contributed by atoms with van der Waals surface area (Å²) in [6.45, 7) is 5.17. The van der Waals surface area contributed by atoms with Gasteiger partial charge in [-0.05, 0) is 75.7 Å². The first-order chi connectivity index (χ1) is 21.4. The van der Waals surface area contributed by atoms with Crippen molar-refractivity contribution in [3.8, 4) is 5.75 Å². The number of benzene rings is 1. The summed E-state index contributed by atoms with van der Waals surface area (Å²) in [5.41, 5.74) is 0.942. The number of carbonyl (C=O) groups excluding carboxylic acids is 2. The van der Waals surface area contributed by atoms with E-state index in [-0.39, 0.29) is 17.6 Å². The summed E-state index contributed by atoms with van der Waals surface area (Å²) in [6, 6.07) is 3.20. The number of carbonyl (C=O) groups is 2. The van der Waals surface area contributed by atoms with Crippen LogP contribution in [0.2, 0.25) is 0 Å². The number of halogens is 2. The molecular weight excluding hydrogens is 774 g/mol. The fourth-order valence-corrected chi connectivity index (χ4v) is 7.59. The second kappa shape index (κ2) is 28.6. The fourth-order valence-electron chi connectivity index (χ4n) is 5.70. The SMILES string of the molecule is CCCCCCCCCCCCCCNC(=O)C(Cc1cc(I)c(O)c(I)c1)NC(=O)CCCCCCCCCCCCC. The van der Waals surface area contributed by atoms with Gasteiger partial charge in [0.15, 0.2) is 0 Å². The second-order valence-electron chi connectivity index (χ2n) is 12.7. The van der Waals surface area contributed by atoms with E-state index < -0.39 is 6.04 Å². The van der Waals surface area contributed by atoms with Gasteiger partial charge in [0.25, 0.3) is 0 Å². The van der Waals surface area contributed by atoms with Gasteiger partial charge >= 0.3 is 0 Å². The van der Waals surface area contributed by atoms with Crippen molar-refractivity contribution >= 4 is 57.0 Å². The van der Waals surface area contributed by atoms with Gasteiger partial charge in [0.1, 0.15) is 11.8 Å². The monoisotopic (exact) mass is 838 g/mol. The molecule has 0 aliphatic rings. The summed E-state index contributed by atoms with van der Waals surface area (Å²) in [7, 11) is 0. The second-order valence-corrected chi connectivity index (χ2v) is 15.0. The van der Waals surface area contributed by atoms with Gasteiger partial charge in [-0.3, -0.25) is 9.59 Å². The Balaban J connectivity index is 2.37. The molecule has 3 N–H and O–H groups in total. The van der Waals surface area contributed by atoms with E-state index in [9.17, 15) is 14.7 Å². The van der Waals surface area contributed by atoms with Crippen molar-refractivity contribution in [2.75, 3.05) is 6.54 Å². The van der Waals surface area contributed by atoms with Crippen LogP contribution in [0.4, 0.5) is 0 Å². The summed E-state index contributed by atoms with van der Waals surface area (Å²) in [5.74, 6) is 0.108. The highest BCUT2D eigenvalue weighted by molar-refractivity contribution is 14.1. The molecule has 0 bridgehead atoms. The van der Waals surface area contributed by atoms with Gasteiger partial charge in [-0.2, -0.15) is 0 Å². The Kier molecular flexibility index (Phi) is 27.0. The van der Waals surface area contributed by atoms with Gasteiger partial charge in [0.2, 0.25) is 11.8 Å². The first-order valence-corrected chi connectivity index (χ1v) is 20.3. The Bertz CT molecular complexity index is 857. The highest BCUT2D eigenvalue weighted by Gasteiger charge is 2.22. The van der Waals surface area contributed by atoms with E-state index >= 15 is 0 Å². The van der Waals surface area contributed by atoms with Gasteiger partial charge in [0, 0.05) is 19.4 Å². The molecule has 0 aliphatic heterocycles. The molecule has 0 fully saturated rings. The van der Waals surface area contributed by atoms with Crippen LogP contribution in [0.25, 0.3) is 0 Å². The normalized spacial score (nSPS) is 11.9. The number of hydrogen-bond acceptors (Lipinski definition) is 3. The molecule has 0 saturated heterocycles. The lowest BCUT2D eigenvalue weighted by atomic mass is 10.0. The van der Waals surface area contributed by atoms with Crippen LogP contribution >= 0.6 is 45.2 Å². The lowest BCUT2D eigenvalue weighted by molar-refractivity contribution is -0.129. The minimum absolute atomic E-state index is 0.0467. The topological polar surface area (TPSA) is 78.4 Å². The molecule has 2 amide bonds. The number of rotatable bonds is 29. The van der Waals surface area contributed by atoms with Crippen LogP contribution in [0.3, 0.4) is 0 Å². The largest absolute Gasteiger partial charge is 0.506 e. The van der Waals surface area contributed by atoms with Gasteiger partial charge in [-0.1, -0.05) is 149 Å². The van der Waals surface area contributed by atoms with Crippen LogP contribution in [-0.4, -0.2) is 29.5 Å². The van der Waals surface area contributed by atoms with Crippen LogP contribution in [0.1, 0.15) is 174 Å². The van der Waals surface area contributed by atoms with Crippen LogP contribution in [0.5, 0.6) is 5.75 Å². The molecule has 1 unspecified atom stereocenters. The van der Waals surface area contributed by atoms with Crippen LogP contribution in [0.15, 0.2) is 12.1 Å². The highest BCUT2D eigenvalue weighted by atomic mass is 127. The minimum atomic E-state index is -0.608. The van der Waals surface area contributed by atoms with Crippen molar-refractivity contribution < 1.29 is 14.7 Å². The van der Waals surface area contributed by atoms with E-state index in [1.165, 1.54) is 122 Å². The van der Waals surface area contributed by atoms with Crippen LogP contribution < -0.4 is 10.6 Å². The molecule has 0 aliphatic carbocycles. The average Bonchev–Trinajstić information content (AvgIpc) is 3.00. The molecule has 1 aromatic carbocycles. The zero-order chi connectivity index (χ0) is 32.3. The third-order valence-electron chi connectivity index (χ3n) is 8.51. The van der Waals surface area contributed by atoms with Gasteiger partial charge in [0.05, 0.1) is 7.14 Å². The molecule has 5 nitrogen and oxygen atoms in total. The van der Waals surface area contributed by atoms with Crippen molar-refractivity contribution in [2.45, 2.75) is 180 Å². The quantitative estimate of drug-likeness (QED) is 0.0555. The number of aromatic hydroxyl groups is 1. The lowest BCUT2D eigenvalue weighted by Gasteiger charge is -2.19. The molecule has 1 atom stereocenters. The van der Waals surface area contributed by atoms with Crippen molar-refractivity contribution in [1.29, 1.82) is 0 Å². The molecular formula is C37H64I2N2O3. The molecule has 1 rings (SSSR count). The number of nitrogens with one attached hydrogen (secondary N) is 2. The standard InChI is InChI=1S/C37H64I2N2O3/c1-3-5-7-9-11-13-15-17-19-21-23-25-27-40-37(44)34(30-31-28-32(38)36(43)33(39)29-31)41-35(42)26-24-22-20-18-16-14-12-10-8-6-4-2/h28-29,34,43H,3-27,30H2,1-2H3,(H,40,44)(H,41,42). The number of phenols is 1. The molecule has 44 heavy (non-hydrogen) atoms. The Hall–Kier alpha value is -0.580. The van der Waals surface area contributed by atoms with E-state index in [4.69, 9.17) is 0 Å². The maximum absolute atomic E-state index is 13.2. The predicted molar refractivity (Wildman–Crippen MR) is 204 cm³/mol. The van der Waals surface area contributed by atoms with Crippen molar-refractivity contribution in [3.63, 3.8) is 0 Å². The van der Waals surface area contributed by atoms with E-state index in [0.29, 0.717) is 19.4 Å². The molecule has 254 valence electrons. The molecule has 1 aromatic rings. The number of unbranched alkanes of at least 4 members (excludes halogenated alkanes) is 21. The molecule has 0 spiro atoms. The maximum Gasteiger partial charge on any atom is 0.242 e. The Morgan fingerprint density at radius 2 is 1.02 bits per heavy atom. The highest BCUT2D eigenvalue weighted by Crippen LogP contribution is 2.28. The summed E-state index contributed by atoms with van der Waals surface area (Å²) < 4.78 is 1.51. The average molecular weight is 839 g/mol. The van der Waals surface area contributed by atoms with E-state index in [1.54, 1.807) is 0 Å². The van der Waals surface area contributed by atoms with Gasteiger partial charge < -0.3 is 15.7 Å². The Morgan fingerprint density at radius 1 is 0.636 bits per heavy atom. The predicted octanol–water partition coefficient (Wildman–Crippen LogP) is 11.1. The van der Waals surface area contributed by atoms with E-state index in [2.05, 4.69) is 69.7 Å². The third kappa shape index (κ3) is 22.0. The number of amides is 2. The lowest BCUT2D eigenvalue weighted by Crippen LogP contribution is -2.48. The summed E-state index contributed by atoms with van der Waals surface area (Å²) in [6.07, 6.45) is 30.1. The first-order valence-electron chi connectivity index (χ1n) is 18.1. The van der Waals surface area contributed by atoms with Crippen LogP contribution in [0, 0.1) is 7.14 Å². The molecule has 0 radical (unpaired) electrons. The summed E-state index contributed by atoms with van der Waals surface area (Å²) in [4.78, 5) is 26.1. The van der Waals surface area contributed by atoms with E-state index in [0.717, 1.165) is 38.4 Å². The van der Waals surface area contributed by atoms with Crippen molar-refractivity contribution in [1.82, 2.24) is 10.6 Å². The number of phenolic OH excluding ortho intramolecular Hbond substituents is 1. The number of hydrogen-bond donors (Lipinski definition) is 3. The van der Waals surface area contributed by atoms with Gasteiger partial charge in [-0.15, -0.1) is 0 Å². The fraction of sp³-hybridized carbons (Fsp3) is 0.784. The molecule has 0 heterocycles. The molecule has 0 aromatic heterocycles. The van der Waals surface area contributed by atoms with Crippen LogP contribution in [-0.2, 0) is 16.0 Å². The van der Waals surface area contributed by atoms with Crippen molar-refractivity contribution in [3.05, 3.63) is 24.8 Å². The minimum Gasteiger partial charge on any atom is -0.506 e. The Morgan fingerprint density at radius 3 is 1.45 bits per heavy atom. The maximum atomic E-state index is 13.2. The van der Waals surface area contributed by atoms with E-state index in [1.807, 2.05) is 12.1 Å². The molecule has 0 saturated carbocycles. The Labute approximate surface area is 297 Å². The zero-order valence-electron chi connectivity index (χ0n) is 28.1. The third-order valence-corrected chi connectivity index (χ3v) is 10.1. The van der Waals surface area contributed by atoms with Crippen molar-refractivity contribution in [2.24, 2.45) is 0 Å². The molecule has 7 heteroatoms. The zero-order valence-corrected chi connectivity index (χ0v) is 32.5. The summed E-state index contributed by atoms with van der Waals surface area (Å²) in [5, 5.41) is 16.3. The smallest absolute Gasteiger partial charge is 0.242 e.